The molecule has 0 fully saturated rings. The molecule has 0 aliphatic carbocycles. The quantitative estimate of drug-likeness (QED) is 0.898. The fourth-order valence-corrected chi connectivity index (χ4v) is 2.59. The monoisotopic (exact) mass is 284 g/mol. The zero-order valence-corrected chi connectivity index (χ0v) is 13.3. The Morgan fingerprint density at radius 2 is 1.95 bits per heavy atom. The van der Waals surface area contributed by atoms with Crippen LogP contribution >= 0.6 is 0 Å². The second-order valence-corrected chi connectivity index (χ2v) is 5.68. The predicted octanol–water partition coefficient (Wildman–Crippen LogP) is 4.05. The Hall–Kier alpha value is -2.03. The highest BCUT2D eigenvalue weighted by molar-refractivity contribution is 5.45. The number of hydrogen-bond acceptors (Lipinski definition) is 2. The summed E-state index contributed by atoms with van der Waals surface area (Å²) in [5.41, 5.74) is 4.88. The van der Waals surface area contributed by atoms with Gasteiger partial charge >= 0.3 is 0 Å². The molecule has 2 rings (SSSR count). The molecule has 0 bridgehead atoms. The molecular formula is C18H24N2O. The van der Waals surface area contributed by atoms with E-state index in [1.807, 2.05) is 12.3 Å². The van der Waals surface area contributed by atoms with Gasteiger partial charge in [0.1, 0.15) is 0 Å². The van der Waals surface area contributed by atoms with Crippen molar-refractivity contribution in [2.45, 2.75) is 46.7 Å². The van der Waals surface area contributed by atoms with E-state index in [0.29, 0.717) is 0 Å². The van der Waals surface area contributed by atoms with Crippen LogP contribution in [-0.4, -0.2) is 4.57 Å². The number of aromatic nitrogens is 1. The number of aryl methyl sites for hydroxylation is 3. The minimum absolute atomic E-state index is 0.0572. The summed E-state index contributed by atoms with van der Waals surface area (Å²) in [6, 6.07) is 10.2. The molecular weight excluding hydrogens is 260 g/mol. The summed E-state index contributed by atoms with van der Waals surface area (Å²) in [6.07, 6.45) is 2.86. The fraction of sp³-hybridized carbons (Fsp3) is 0.389. The third kappa shape index (κ3) is 3.75. The number of nitrogens with zero attached hydrogens (tertiary/aromatic N) is 1. The van der Waals surface area contributed by atoms with E-state index < -0.39 is 0 Å². The normalized spacial score (nSPS) is 12.2. The summed E-state index contributed by atoms with van der Waals surface area (Å²) < 4.78 is 1.76. The molecule has 1 atom stereocenters. The van der Waals surface area contributed by atoms with Crippen LogP contribution in [0.1, 0.15) is 43.0 Å². The van der Waals surface area contributed by atoms with Gasteiger partial charge in [0.2, 0.25) is 0 Å². The Bertz CT molecular complexity index is 673. The van der Waals surface area contributed by atoms with Crippen LogP contribution in [-0.2, 0) is 6.54 Å². The van der Waals surface area contributed by atoms with Gasteiger partial charge in [-0.15, -0.1) is 0 Å². The van der Waals surface area contributed by atoms with Crippen LogP contribution in [0.5, 0.6) is 0 Å². The van der Waals surface area contributed by atoms with Crippen molar-refractivity contribution in [3.63, 3.8) is 0 Å². The maximum absolute atomic E-state index is 11.8. The van der Waals surface area contributed by atoms with Gasteiger partial charge in [0, 0.05) is 24.8 Å². The van der Waals surface area contributed by atoms with Crippen molar-refractivity contribution in [3.8, 4) is 0 Å². The van der Waals surface area contributed by atoms with E-state index >= 15 is 0 Å². The molecule has 0 aliphatic rings. The van der Waals surface area contributed by atoms with Gasteiger partial charge < -0.3 is 9.88 Å². The summed E-state index contributed by atoms with van der Waals surface area (Å²) in [4.78, 5) is 11.8. The molecule has 0 saturated carbocycles. The van der Waals surface area contributed by atoms with E-state index in [4.69, 9.17) is 0 Å². The molecule has 112 valence electrons. The SMILES string of the molecule is CCCn1cc(NC(C)c2cc(C)ccc2C)ccc1=O. The van der Waals surface area contributed by atoms with Crippen LogP contribution in [0.2, 0.25) is 0 Å². The summed E-state index contributed by atoms with van der Waals surface area (Å²) in [6.45, 7) is 9.22. The Labute approximate surface area is 126 Å². The smallest absolute Gasteiger partial charge is 0.250 e. The van der Waals surface area contributed by atoms with Crippen molar-refractivity contribution in [2.24, 2.45) is 0 Å². The number of nitrogens with one attached hydrogen (secondary N) is 1. The van der Waals surface area contributed by atoms with E-state index in [1.54, 1.807) is 10.6 Å². The zero-order valence-electron chi connectivity index (χ0n) is 13.3. The first kappa shape index (κ1) is 15.4. The highest BCUT2D eigenvalue weighted by Crippen LogP contribution is 2.22. The summed E-state index contributed by atoms with van der Waals surface area (Å²) >= 11 is 0. The van der Waals surface area contributed by atoms with Crippen LogP contribution in [0, 0.1) is 13.8 Å². The molecule has 2 aromatic rings. The second-order valence-electron chi connectivity index (χ2n) is 5.68. The summed E-state index contributed by atoms with van der Waals surface area (Å²) in [5.74, 6) is 0. The Balaban J connectivity index is 2.23. The van der Waals surface area contributed by atoms with E-state index in [2.05, 4.69) is 51.2 Å². The van der Waals surface area contributed by atoms with Crippen LogP contribution in [0.15, 0.2) is 41.3 Å². The average molecular weight is 284 g/mol. The third-order valence-electron chi connectivity index (χ3n) is 3.73. The fourth-order valence-electron chi connectivity index (χ4n) is 2.59. The molecule has 0 amide bonds. The standard InChI is InChI=1S/C18H24N2O/c1-5-10-20-12-16(8-9-18(20)21)19-15(4)17-11-13(2)6-7-14(17)3/h6-9,11-12,15,19H,5,10H2,1-4H3. The summed E-state index contributed by atoms with van der Waals surface area (Å²) in [5, 5.41) is 3.49. The van der Waals surface area contributed by atoms with Gasteiger partial charge in [0.25, 0.3) is 5.56 Å². The molecule has 1 heterocycles. The molecule has 0 saturated heterocycles. The molecule has 0 spiro atoms. The molecule has 1 aromatic carbocycles. The maximum Gasteiger partial charge on any atom is 0.250 e. The molecule has 3 nitrogen and oxygen atoms in total. The van der Waals surface area contributed by atoms with Gasteiger partial charge in [0.05, 0.1) is 5.69 Å². The largest absolute Gasteiger partial charge is 0.377 e. The molecule has 3 heteroatoms. The number of pyridine rings is 1. The highest BCUT2D eigenvalue weighted by Gasteiger charge is 2.09. The molecule has 1 unspecified atom stereocenters. The number of anilines is 1. The summed E-state index contributed by atoms with van der Waals surface area (Å²) in [7, 11) is 0. The van der Waals surface area contributed by atoms with Crippen LogP contribution < -0.4 is 10.9 Å². The highest BCUT2D eigenvalue weighted by atomic mass is 16.1. The van der Waals surface area contributed by atoms with E-state index in [-0.39, 0.29) is 11.6 Å². The van der Waals surface area contributed by atoms with Crippen molar-refractivity contribution in [1.82, 2.24) is 4.57 Å². The van der Waals surface area contributed by atoms with Crippen molar-refractivity contribution >= 4 is 5.69 Å². The van der Waals surface area contributed by atoms with Gasteiger partial charge in [-0.1, -0.05) is 30.7 Å². The van der Waals surface area contributed by atoms with Crippen LogP contribution in [0.25, 0.3) is 0 Å². The second kappa shape index (κ2) is 6.61. The lowest BCUT2D eigenvalue weighted by atomic mass is 10.00. The first-order valence-electron chi connectivity index (χ1n) is 7.55. The Morgan fingerprint density at radius 1 is 1.19 bits per heavy atom. The van der Waals surface area contributed by atoms with Gasteiger partial charge in [0.15, 0.2) is 0 Å². The van der Waals surface area contributed by atoms with Crippen molar-refractivity contribution in [3.05, 3.63) is 63.6 Å². The lowest BCUT2D eigenvalue weighted by molar-refractivity contribution is 0.654. The van der Waals surface area contributed by atoms with Gasteiger partial charge in [-0.2, -0.15) is 0 Å². The van der Waals surface area contributed by atoms with Gasteiger partial charge in [-0.25, -0.2) is 0 Å². The van der Waals surface area contributed by atoms with E-state index in [1.165, 1.54) is 16.7 Å². The number of hydrogen-bond donors (Lipinski definition) is 1. The number of rotatable bonds is 5. The number of benzene rings is 1. The zero-order chi connectivity index (χ0) is 15.4. The van der Waals surface area contributed by atoms with Crippen LogP contribution in [0.4, 0.5) is 5.69 Å². The van der Waals surface area contributed by atoms with Crippen molar-refractivity contribution in [1.29, 1.82) is 0 Å². The minimum Gasteiger partial charge on any atom is -0.377 e. The predicted molar refractivity (Wildman–Crippen MR) is 88.9 cm³/mol. The average Bonchev–Trinajstić information content (AvgIpc) is 2.45. The topological polar surface area (TPSA) is 34.0 Å². The first-order chi connectivity index (χ1) is 10.0. The Kier molecular flexibility index (Phi) is 4.84. The molecule has 0 aliphatic heterocycles. The van der Waals surface area contributed by atoms with Gasteiger partial charge in [-0.3, -0.25) is 4.79 Å². The lowest BCUT2D eigenvalue weighted by Gasteiger charge is -2.19. The molecule has 21 heavy (non-hydrogen) atoms. The third-order valence-corrected chi connectivity index (χ3v) is 3.73. The first-order valence-corrected chi connectivity index (χ1v) is 7.55. The Morgan fingerprint density at radius 3 is 2.67 bits per heavy atom. The lowest BCUT2D eigenvalue weighted by Crippen LogP contribution is -2.19. The van der Waals surface area contributed by atoms with Crippen molar-refractivity contribution < 1.29 is 0 Å². The van der Waals surface area contributed by atoms with E-state index in [9.17, 15) is 4.79 Å². The van der Waals surface area contributed by atoms with Crippen LogP contribution in [0.3, 0.4) is 0 Å². The molecule has 1 N–H and O–H groups in total. The van der Waals surface area contributed by atoms with E-state index in [0.717, 1.165) is 18.7 Å². The van der Waals surface area contributed by atoms with Gasteiger partial charge in [-0.05, 0) is 44.4 Å². The molecule has 1 aromatic heterocycles. The minimum atomic E-state index is 0.0572. The van der Waals surface area contributed by atoms with Crippen molar-refractivity contribution in [2.75, 3.05) is 5.32 Å². The molecule has 0 radical (unpaired) electrons. The maximum atomic E-state index is 11.8.